The molecule has 17 heavy (non-hydrogen) atoms. The van der Waals surface area contributed by atoms with Crippen molar-refractivity contribution in [1.29, 1.82) is 0 Å². The topological polar surface area (TPSA) is 84.9 Å². The monoisotopic (exact) mass is 237 g/mol. The van der Waals surface area contributed by atoms with Gasteiger partial charge < -0.3 is 14.6 Å². The van der Waals surface area contributed by atoms with Crippen molar-refractivity contribution in [3.8, 4) is 5.75 Å². The van der Waals surface area contributed by atoms with E-state index in [1.165, 1.54) is 6.92 Å². The number of aliphatic hydroxyl groups excluding tert-OH is 1. The lowest BCUT2D eigenvalue weighted by atomic mass is 10.1. The Bertz CT molecular complexity index is 471. The second-order valence-corrected chi connectivity index (χ2v) is 3.59. The Morgan fingerprint density at radius 3 is 3.06 bits per heavy atom. The molecule has 0 spiro atoms. The van der Waals surface area contributed by atoms with Crippen molar-refractivity contribution in [2.45, 2.75) is 19.8 Å². The summed E-state index contributed by atoms with van der Waals surface area (Å²) in [5.74, 6) is -0.0827. The van der Waals surface area contributed by atoms with Crippen LogP contribution < -0.4 is 10.1 Å². The van der Waals surface area contributed by atoms with Gasteiger partial charge in [0.25, 0.3) is 0 Å². The summed E-state index contributed by atoms with van der Waals surface area (Å²) in [6, 6.07) is 4.82. The molecule has 0 fully saturated rings. The van der Waals surface area contributed by atoms with Gasteiger partial charge in [0, 0.05) is 12.5 Å². The first kappa shape index (κ1) is 11.4. The van der Waals surface area contributed by atoms with E-state index < -0.39 is 12.3 Å². The number of fused-ring (bicyclic) bond motifs is 1. The normalized spacial score (nSPS) is 17.8. The molecule has 0 radical (unpaired) electrons. The maximum atomic E-state index is 11.0. The Balaban J connectivity index is 2.21. The molecular formula is C11H11NO5. The first-order chi connectivity index (χ1) is 8.06. The zero-order valence-electron chi connectivity index (χ0n) is 9.10. The maximum Gasteiger partial charge on any atom is 0.414 e. The van der Waals surface area contributed by atoms with E-state index in [1.54, 1.807) is 18.2 Å². The molecule has 6 heteroatoms. The number of esters is 1. The summed E-state index contributed by atoms with van der Waals surface area (Å²) in [6.07, 6.45) is -1.80. The Labute approximate surface area is 97.1 Å². The summed E-state index contributed by atoms with van der Waals surface area (Å²) < 4.78 is 9.69. The van der Waals surface area contributed by atoms with Crippen LogP contribution in [0.5, 0.6) is 5.75 Å². The van der Waals surface area contributed by atoms with Crippen LogP contribution in [0.1, 0.15) is 24.3 Å². The molecule has 0 saturated carbocycles. The van der Waals surface area contributed by atoms with Gasteiger partial charge >= 0.3 is 12.1 Å². The third kappa shape index (κ3) is 2.54. The van der Waals surface area contributed by atoms with Crippen molar-refractivity contribution >= 4 is 12.1 Å². The number of hydrogen-bond acceptors (Lipinski definition) is 5. The second-order valence-electron chi connectivity index (χ2n) is 3.59. The van der Waals surface area contributed by atoms with Crippen LogP contribution in [0.15, 0.2) is 18.2 Å². The van der Waals surface area contributed by atoms with Gasteiger partial charge in [0.1, 0.15) is 12.4 Å². The van der Waals surface area contributed by atoms with E-state index in [4.69, 9.17) is 9.47 Å². The number of aliphatic hydroxyl groups is 1. The van der Waals surface area contributed by atoms with Crippen LogP contribution in [-0.2, 0) is 16.1 Å². The lowest BCUT2D eigenvalue weighted by molar-refractivity contribution is -0.142. The summed E-state index contributed by atoms with van der Waals surface area (Å²) >= 11 is 0. The largest absolute Gasteiger partial charge is 0.461 e. The second kappa shape index (κ2) is 4.42. The molecule has 0 unspecified atom stereocenters. The highest BCUT2D eigenvalue weighted by Crippen LogP contribution is 2.28. The Hall–Kier alpha value is -2.08. The predicted molar refractivity (Wildman–Crippen MR) is 56.0 cm³/mol. The fourth-order valence-electron chi connectivity index (χ4n) is 1.50. The Morgan fingerprint density at radius 2 is 2.35 bits per heavy atom. The van der Waals surface area contributed by atoms with Crippen molar-refractivity contribution in [1.82, 2.24) is 5.32 Å². The van der Waals surface area contributed by atoms with E-state index in [1.807, 2.05) is 0 Å². The molecule has 1 amide bonds. The maximum absolute atomic E-state index is 11.0. The van der Waals surface area contributed by atoms with Crippen molar-refractivity contribution in [3.05, 3.63) is 29.3 Å². The third-order valence-electron chi connectivity index (χ3n) is 2.27. The van der Waals surface area contributed by atoms with Gasteiger partial charge in [-0.2, -0.15) is 0 Å². The summed E-state index contributed by atoms with van der Waals surface area (Å²) in [5, 5.41) is 11.8. The lowest BCUT2D eigenvalue weighted by Gasteiger charge is -2.22. The van der Waals surface area contributed by atoms with Crippen LogP contribution in [0.4, 0.5) is 4.79 Å². The smallest absolute Gasteiger partial charge is 0.414 e. The number of hydrogen-bond donors (Lipinski definition) is 2. The minimum Gasteiger partial charge on any atom is -0.461 e. The SMILES string of the molecule is CC(=O)OCc1ccc2c(c1)[C@@H](O)NC(=O)O2. The van der Waals surface area contributed by atoms with Crippen LogP contribution >= 0.6 is 0 Å². The van der Waals surface area contributed by atoms with E-state index in [0.717, 1.165) is 0 Å². The first-order valence-electron chi connectivity index (χ1n) is 4.99. The molecule has 0 bridgehead atoms. The van der Waals surface area contributed by atoms with E-state index in [0.29, 0.717) is 16.9 Å². The van der Waals surface area contributed by atoms with Crippen LogP contribution in [-0.4, -0.2) is 17.2 Å². The quantitative estimate of drug-likeness (QED) is 0.744. The highest BCUT2D eigenvalue weighted by Gasteiger charge is 2.24. The molecule has 1 heterocycles. The molecule has 1 aromatic rings. The summed E-state index contributed by atoms with van der Waals surface area (Å²) in [5.41, 5.74) is 1.15. The first-order valence-corrected chi connectivity index (χ1v) is 4.99. The lowest BCUT2D eigenvalue weighted by Crippen LogP contribution is -2.35. The Morgan fingerprint density at radius 1 is 1.59 bits per heavy atom. The van der Waals surface area contributed by atoms with Crippen LogP contribution in [0.25, 0.3) is 0 Å². The predicted octanol–water partition coefficient (Wildman–Crippen LogP) is 0.843. The summed E-state index contributed by atoms with van der Waals surface area (Å²) in [4.78, 5) is 21.6. The minimum absolute atomic E-state index is 0.114. The number of benzene rings is 1. The number of amides is 1. The van der Waals surface area contributed by atoms with Gasteiger partial charge in [-0.1, -0.05) is 6.07 Å². The van der Waals surface area contributed by atoms with Gasteiger partial charge in [-0.25, -0.2) is 4.79 Å². The van der Waals surface area contributed by atoms with Gasteiger partial charge in [-0.05, 0) is 17.7 Å². The molecule has 0 aliphatic carbocycles. The van der Waals surface area contributed by atoms with Crippen molar-refractivity contribution in [2.24, 2.45) is 0 Å². The molecule has 90 valence electrons. The third-order valence-corrected chi connectivity index (χ3v) is 2.27. The van der Waals surface area contributed by atoms with E-state index in [9.17, 15) is 14.7 Å². The fourth-order valence-corrected chi connectivity index (χ4v) is 1.50. The average molecular weight is 237 g/mol. The number of carbonyl (C=O) groups is 2. The molecular weight excluding hydrogens is 226 g/mol. The molecule has 2 N–H and O–H groups in total. The van der Waals surface area contributed by atoms with E-state index in [2.05, 4.69) is 5.32 Å². The molecule has 1 aromatic carbocycles. The van der Waals surface area contributed by atoms with Gasteiger partial charge in [-0.15, -0.1) is 0 Å². The molecule has 0 aromatic heterocycles. The molecule has 1 atom stereocenters. The highest BCUT2D eigenvalue weighted by atomic mass is 16.6. The minimum atomic E-state index is -1.11. The molecule has 1 aliphatic rings. The number of ether oxygens (including phenoxy) is 2. The standard InChI is InChI=1S/C11H11NO5/c1-6(13)16-5-7-2-3-9-8(4-7)10(14)12-11(15)17-9/h2-4,10,14H,5H2,1H3,(H,12,15)/t10-/m1/s1. The van der Waals surface area contributed by atoms with Gasteiger partial charge in [-0.3, -0.25) is 10.1 Å². The number of rotatable bonds is 2. The highest BCUT2D eigenvalue weighted by molar-refractivity contribution is 5.73. The number of nitrogens with one attached hydrogen (secondary N) is 1. The number of carbonyl (C=O) groups excluding carboxylic acids is 2. The van der Waals surface area contributed by atoms with Gasteiger partial charge in [0.15, 0.2) is 6.23 Å². The van der Waals surface area contributed by atoms with E-state index >= 15 is 0 Å². The molecule has 0 saturated heterocycles. The van der Waals surface area contributed by atoms with Crippen molar-refractivity contribution in [2.75, 3.05) is 0 Å². The summed E-state index contributed by atoms with van der Waals surface area (Å²) in [6.45, 7) is 1.43. The molecule has 1 aliphatic heterocycles. The van der Waals surface area contributed by atoms with Crippen LogP contribution in [0, 0.1) is 0 Å². The van der Waals surface area contributed by atoms with Crippen LogP contribution in [0.2, 0.25) is 0 Å². The summed E-state index contributed by atoms with van der Waals surface area (Å²) in [7, 11) is 0. The zero-order valence-corrected chi connectivity index (χ0v) is 9.10. The van der Waals surface area contributed by atoms with Gasteiger partial charge in [0.05, 0.1) is 0 Å². The average Bonchev–Trinajstić information content (AvgIpc) is 2.26. The molecule has 2 rings (SSSR count). The Kier molecular flexibility index (Phi) is 2.97. The van der Waals surface area contributed by atoms with Crippen LogP contribution in [0.3, 0.4) is 0 Å². The van der Waals surface area contributed by atoms with E-state index in [-0.39, 0.29) is 12.6 Å². The fraction of sp³-hybridized carbons (Fsp3) is 0.273. The van der Waals surface area contributed by atoms with Gasteiger partial charge in [0.2, 0.25) is 0 Å². The zero-order chi connectivity index (χ0) is 12.4. The molecule has 6 nitrogen and oxygen atoms in total. The van der Waals surface area contributed by atoms with Crippen molar-refractivity contribution < 1.29 is 24.2 Å². The van der Waals surface area contributed by atoms with Crippen molar-refractivity contribution in [3.63, 3.8) is 0 Å².